The van der Waals surface area contributed by atoms with Crippen LogP contribution in [-0.4, -0.2) is 39.6 Å². The molecule has 0 radical (unpaired) electrons. The molecule has 0 fully saturated rings. The summed E-state index contributed by atoms with van der Waals surface area (Å²) in [4.78, 5) is 11.4. The Morgan fingerprint density at radius 3 is 2.95 bits per heavy atom. The maximum atomic E-state index is 11.4. The van der Waals surface area contributed by atoms with E-state index in [0.717, 1.165) is 5.75 Å². The quantitative estimate of drug-likeness (QED) is 0.774. The maximum absolute atomic E-state index is 11.4. The van der Waals surface area contributed by atoms with Crippen LogP contribution >= 0.6 is 0 Å². The van der Waals surface area contributed by atoms with Crippen molar-refractivity contribution >= 4 is 5.97 Å². The van der Waals surface area contributed by atoms with Crippen LogP contribution < -0.4 is 19.5 Å². The lowest BCUT2D eigenvalue weighted by Gasteiger charge is -2.14. The summed E-state index contributed by atoms with van der Waals surface area (Å²) < 4.78 is 20.7. The number of methoxy groups -OCH3 is 1. The number of nitrogens with one attached hydrogen (secondary N) is 1. The zero-order valence-electron chi connectivity index (χ0n) is 11.0. The van der Waals surface area contributed by atoms with E-state index in [2.05, 4.69) is 10.1 Å². The van der Waals surface area contributed by atoms with Gasteiger partial charge in [-0.15, -0.1) is 0 Å². The maximum Gasteiger partial charge on any atom is 0.322 e. The lowest BCUT2D eigenvalue weighted by atomic mass is 10.2. The fourth-order valence-corrected chi connectivity index (χ4v) is 1.78. The predicted octanol–water partition coefficient (Wildman–Crippen LogP) is 0.945. The van der Waals surface area contributed by atoms with Crippen molar-refractivity contribution in [2.24, 2.45) is 0 Å². The van der Waals surface area contributed by atoms with Gasteiger partial charge in [0.05, 0.1) is 13.7 Å². The van der Waals surface area contributed by atoms with E-state index in [1.807, 2.05) is 0 Å². The summed E-state index contributed by atoms with van der Waals surface area (Å²) >= 11 is 0. The van der Waals surface area contributed by atoms with Crippen LogP contribution in [0.3, 0.4) is 0 Å². The molecule has 0 bridgehead atoms. The Hall–Kier alpha value is -1.95. The smallest absolute Gasteiger partial charge is 0.322 e. The zero-order valence-corrected chi connectivity index (χ0v) is 11.0. The molecular weight excluding hydrogens is 250 g/mol. The molecule has 0 amide bonds. The molecule has 1 aromatic rings. The van der Waals surface area contributed by atoms with Gasteiger partial charge in [0.15, 0.2) is 11.5 Å². The zero-order chi connectivity index (χ0) is 13.7. The fourth-order valence-electron chi connectivity index (χ4n) is 1.78. The summed E-state index contributed by atoms with van der Waals surface area (Å²) in [6.07, 6.45) is 0.525. The highest BCUT2D eigenvalue weighted by Crippen LogP contribution is 2.35. The van der Waals surface area contributed by atoms with Gasteiger partial charge in [-0.1, -0.05) is 0 Å². The molecule has 6 heteroatoms. The van der Waals surface area contributed by atoms with Gasteiger partial charge in [0, 0.05) is 12.5 Å². The minimum absolute atomic E-state index is 0.239. The lowest BCUT2D eigenvalue weighted by molar-refractivity contribution is -0.143. The Labute approximate surface area is 111 Å². The number of hydrogen-bond acceptors (Lipinski definition) is 6. The third-order valence-corrected chi connectivity index (χ3v) is 2.85. The third kappa shape index (κ3) is 3.29. The van der Waals surface area contributed by atoms with Crippen LogP contribution in [0.1, 0.15) is 6.42 Å². The van der Waals surface area contributed by atoms with Gasteiger partial charge >= 0.3 is 5.97 Å². The highest BCUT2D eigenvalue weighted by atomic mass is 16.7. The first-order chi connectivity index (χ1) is 9.24. The molecule has 1 N–H and O–H groups in total. The number of fused-ring (bicyclic) bond motifs is 1. The molecule has 1 heterocycles. The fraction of sp³-hybridized carbons (Fsp3) is 0.462. The predicted molar refractivity (Wildman–Crippen MR) is 67.5 cm³/mol. The average molecular weight is 267 g/mol. The average Bonchev–Trinajstić information content (AvgIpc) is 2.90. The summed E-state index contributed by atoms with van der Waals surface area (Å²) in [5.74, 6) is 1.78. The summed E-state index contributed by atoms with van der Waals surface area (Å²) in [5, 5.41) is 2.88. The second-order valence-electron chi connectivity index (χ2n) is 4.02. The van der Waals surface area contributed by atoms with E-state index >= 15 is 0 Å². The van der Waals surface area contributed by atoms with E-state index in [-0.39, 0.29) is 18.8 Å². The molecule has 19 heavy (non-hydrogen) atoms. The largest absolute Gasteiger partial charge is 0.493 e. The highest BCUT2D eigenvalue weighted by molar-refractivity contribution is 5.75. The lowest BCUT2D eigenvalue weighted by Crippen LogP contribution is -2.36. The normalized spacial score (nSPS) is 14.0. The Kier molecular flexibility index (Phi) is 4.46. The third-order valence-electron chi connectivity index (χ3n) is 2.85. The summed E-state index contributed by atoms with van der Waals surface area (Å²) in [7, 11) is 3.08. The van der Waals surface area contributed by atoms with Crippen LogP contribution in [0.2, 0.25) is 0 Å². The molecule has 1 aliphatic rings. The Morgan fingerprint density at radius 1 is 1.42 bits per heavy atom. The first kappa shape index (κ1) is 13.5. The van der Waals surface area contributed by atoms with Crippen LogP contribution in [0.5, 0.6) is 17.2 Å². The van der Waals surface area contributed by atoms with Gasteiger partial charge in [-0.25, -0.2) is 0 Å². The Balaban J connectivity index is 1.84. The number of benzene rings is 1. The first-order valence-corrected chi connectivity index (χ1v) is 6.02. The molecular formula is C13H17NO5. The molecule has 1 aliphatic heterocycles. The first-order valence-electron chi connectivity index (χ1n) is 6.02. The van der Waals surface area contributed by atoms with Crippen molar-refractivity contribution in [3.05, 3.63) is 18.2 Å². The molecule has 1 aromatic carbocycles. The number of ether oxygens (including phenoxy) is 4. The van der Waals surface area contributed by atoms with Crippen molar-refractivity contribution in [3.63, 3.8) is 0 Å². The van der Waals surface area contributed by atoms with Crippen molar-refractivity contribution < 1.29 is 23.7 Å². The number of hydrogen-bond donors (Lipinski definition) is 1. The SMILES string of the molecule is CNC(CCOc1ccc2c(c1)OCO2)C(=O)OC. The van der Waals surface area contributed by atoms with Crippen LogP contribution in [-0.2, 0) is 9.53 Å². The summed E-state index contributed by atoms with van der Waals surface area (Å²) in [6, 6.07) is 5.02. The standard InChI is InChI=1S/C13H17NO5/c1-14-10(13(15)16-2)5-6-17-9-3-4-11-12(7-9)19-8-18-11/h3-4,7,10,14H,5-6,8H2,1-2H3. The number of esters is 1. The van der Waals surface area contributed by atoms with Gasteiger partial charge in [-0.05, 0) is 19.2 Å². The second-order valence-corrected chi connectivity index (χ2v) is 4.02. The van der Waals surface area contributed by atoms with E-state index in [9.17, 15) is 4.79 Å². The van der Waals surface area contributed by atoms with Crippen molar-refractivity contribution in [1.82, 2.24) is 5.32 Å². The molecule has 0 saturated carbocycles. The summed E-state index contributed by atoms with van der Waals surface area (Å²) in [6.45, 7) is 0.642. The van der Waals surface area contributed by atoms with Crippen molar-refractivity contribution in [3.8, 4) is 17.2 Å². The van der Waals surface area contributed by atoms with E-state index in [1.165, 1.54) is 7.11 Å². The number of likely N-dealkylation sites (N-methyl/N-ethyl adjacent to an activating group) is 1. The molecule has 0 saturated heterocycles. The van der Waals surface area contributed by atoms with Gasteiger partial charge in [0.2, 0.25) is 6.79 Å². The topological polar surface area (TPSA) is 66.0 Å². The van der Waals surface area contributed by atoms with Crippen LogP contribution in [0.25, 0.3) is 0 Å². The van der Waals surface area contributed by atoms with Crippen LogP contribution in [0, 0.1) is 0 Å². The number of carbonyl (C=O) groups excluding carboxylic acids is 1. The minimum atomic E-state index is -0.362. The minimum Gasteiger partial charge on any atom is -0.493 e. The monoisotopic (exact) mass is 267 g/mol. The van der Waals surface area contributed by atoms with E-state index in [1.54, 1.807) is 25.2 Å². The summed E-state index contributed by atoms with van der Waals surface area (Å²) in [5.41, 5.74) is 0. The van der Waals surface area contributed by atoms with Gasteiger partial charge < -0.3 is 24.3 Å². The van der Waals surface area contributed by atoms with E-state index < -0.39 is 0 Å². The molecule has 0 spiro atoms. The molecule has 0 aromatic heterocycles. The Bertz CT molecular complexity index is 449. The van der Waals surface area contributed by atoms with E-state index in [0.29, 0.717) is 24.5 Å². The van der Waals surface area contributed by atoms with Crippen molar-refractivity contribution in [2.45, 2.75) is 12.5 Å². The molecule has 1 atom stereocenters. The highest BCUT2D eigenvalue weighted by Gasteiger charge is 2.17. The molecule has 6 nitrogen and oxygen atoms in total. The van der Waals surface area contributed by atoms with Crippen molar-refractivity contribution in [2.75, 3.05) is 27.6 Å². The molecule has 104 valence electrons. The molecule has 1 unspecified atom stereocenters. The van der Waals surface area contributed by atoms with Gasteiger partial charge in [0.1, 0.15) is 11.8 Å². The molecule has 0 aliphatic carbocycles. The Morgan fingerprint density at radius 2 is 2.21 bits per heavy atom. The second kappa shape index (κ2) is 6.29. The van der Waals surface area contributed by atoms with Gasteiger partial charge in [0.25, 0.3) is 0 Å². The van der Waals surface area contributed by atoms with Gasteiger partial charge in [-0.2, -0.15) is 0 Å². The number of carbonyl (C=O) groups is 1. The van der Waals surface area contributed by atoms with Gasteiger partial charge in [-0.3, -0.25) is 4.79 Å². The number of rotatable bonds is 6. The van der Waals surface area contributed by atoms with Crippen molar-refractivity contribution in [1.29, 1.82) is 0 Å². The van der Waals surface area contributed by atoms with Crippen LogP contribution in [0.4, 0.5) is 0 Å². The molecule has 2 rings (SSSR count). The van der Waals surface area contributed by atoms with E-state index in [4.69, 9.17) is 14.2 Å². The van der Waals surface area contributed by atoms with Crippen LogP contribution in [0.15, 0.2) is 18.2 Å².